The first-order valence-electron chi connectivity index (χ1n) is 7.45. The van der Waals surface area contributed by atoms with Crippen molar-refractivity contribution in [3.8, 4) is 0 Å². The van der Waals surface area contributed by atoms with Gasteiger partial charge in [0.05, 0.1) is 0 Å². The molecule has 2 saturated carbocycles. The van der Waals surface area contributed by atoms with Crippen LogP contribution < -0.4 is 5.32 Å². The van der Waals surface area contributed by atoms with Gasteiger partial charge in [-0.15, -0.1) is 10.2 Å². The number of nitrogens with zero attached hydrogens (tertiary/aromatic N) is 3. The number of aromatic nitrogens is 3. The molecular weight excluding hydrogens is 256 g/mol. The second-order valence-electron chi connectivity index (χ2n) is 6.17. The highest BCUT2D eigenvalue weighted by Crippen LogP contribution is 2.46. The monoisotopic (exact) mass is 280 g/mol. The van der Waals surface area contributed by atoms with Crippen molar-refractivity contribution in [2.75, 3.05) is 12.8 Å². The largest absolute Gasteiger partial charge is 0.316 e. The zero-order valence-corrected chi connectivity index (χ0v) is 12.9. The van der Waals surface area contributed by atoms with Gasteiger partial charge in [0, 0.05) is 23.8 Å². The van der Waals surface area contributed by atoms with Crippen LogP contribution in [0, 0.1) is 5.92 Å². The lowest BCUT2D eigenvalue weighted by Crippen LogP contribution is -2.33. The van der Waals surface area contributed by atoms with Crippen LogP contribution >= 0.6 is 11.8 Å². The molecule has 1 unspecified atom stereocenters. The third-order valence-electron chi connectivity index (χ3n) is 4.11. The molecule has 5 heteroatoms. The summed E-state index contributed by atoms with van der Waals surface area (Å²) in [6.07, 6.45) is 5.23. The number of thioether (sulfide) groups is 1. The summed E-state index contributed by atoms with van der Waals surface area (Å²) in [7, 11) is 2.05. The predicted octanol–water partition coefficient (Wildman–Crippen LogP) is 2.83. The fraction of sp³-hybridized carbons (Fsp3) is 0.857. The van der Waals surface area contributed by atoms with E-state index >= 15 is 0 Å². The second kappa shape index (κ2) is 5.44. The van der Waals surface area contributed by atoms with Crippen LogP contribution in [0.15, 0.2) is 5.16 Å². The molecule has 0 aliphatic heterocycles. The summed E-state index contributed by atoms with van der Waals surface area (Å²) in [4.78, 5) is 0. The van der Waals surface area contributed by atoms with Crippen LogP contribution in [0.4, 0.5) is 0 Å². The Morgan fingerprint density at radius 2 is 2.00 bits per heavy atom. The van der Waals surface area contributed by atoms with Gasteiger partial charge in [0.15, 0.2) is 5.16 Å². The number of nitrogens with one attached hydrogen (secondary N) is 1. The van der Waals surface area contributed by atoms with Gasteiger partial charge in [-0.3, -0.25) is 0 Å². The maximum atomic E-state index is 4.46. The lowest BCUT2D eigenvalue weighted by Gasteiger charge is -2.19. The van der Waals surface area contributed by atoms with Crippen LogP contribution in [0.3, 0.4) is 0 Å². The first-order valence-corrected chi connectivity index (χ1v) is 8.44. The van der Waals surface area contributed by atoms with Crippen LogP contribution in [0.5, 0.6) is 0 Å². The lowest BCUT2D eigenvalue weighted by molar-refractivity contribution is 0.465. The first kappa shape index (κ1) is 13.4. The van der Waals surface area contributed by atoms with E-state index in [2.05, 4.69) is 33.9 Å². The summed E-state index contributed by atoms with van der Waals surface area (Å²) in [6.45, 7) is 4.53. The second-order valence-corrected chi connectivity index (χ2v) is 7.15. The Kier molecular flexibility index (Phi) is 3.85. The van der Waals surface area contributed by atoms with Crippen LogP contribution in [0.2, 0.25) is 0 Å². The van der Waals surface area contributed by atoms with Crippen LogP contribution in [0.1, 0.15) is 57.3 Å². The Bertz CT molecular complexity index is 435. The summed E-state index contributed by atoms with van der Waals surface area (Å²) in [5.74, 6) is 3.69. The molecule has 106 valence electrons. The molecule has 1 aromatic heterocycles. The molecule has 0 spiro atoms. The Morgan fingerprint density at radius 1 is 1.26 bits per heavy atom. The third kappa shape index (κ3) is 2.97. The highest BCUT2D eigenvalue weighted by Gasteiger charge is 2.36. The summed E-state index contributed by atoms with van der Waals surface area (Å²) in [6, 6.07) is 1.24. The molecule has 2 fully saturated rings. The third-order valence-corrected chi connectivity index (χ3v) is 5.18. The van der Waals surface area contributed by atoms with Gasteiger partial charge in [-0.25, -0.2) is 0 Å². The van der Waals surface area contributed by atoms with E-state index in [4.69, 9.17) is 0 Å². The fourth-order valence-corrected chi connectivity index (χ4v) is 3.82. The molecule has 1 atom stereocenters. The zero-order chi connectivity index (χ0) is 13.4. The van der Waals surface area contributed by atoms with Gasteiger partial charge in [-0.1, -0.05) is 25.6 Å². The minimum absolute atomic E-state index is 0.540. The van der Waals surface area contributed by atoms with Gasteiger partial charge < -0.3 is 9.88 Å². The van der Waals surface area contributed by atoms with Crippen LogP contribution in [0.25, 0.3) is 0 Å². The molecule has 1 N–H and O–H groups in total. The fourth-order valence-electron chi connectivity index (χ4n) is 2.46. The summed E-state index contributed by atoms with van der Waals surface area (Å²) in [5, 5.41) is 13.5. The molecule has 0 amide bonds. The molecule has 2 aliphatic carbocycles. The van der Waals surface area contributed by atoms with E-state index in [9.17, 15) is 0 Å². The summed E-state index contributed by atoms with van der Waals surface area (Å²) >= 11 is 1.87. The van der Waals surface area contributed by atoms with Gasteiger partial charge in [-0.2, -0.15) is 0 Å². The molecule has 4 nitrogen and oxygen atoms in total. The van der Waals surface area contributed by atoms with Gasteiger partial charge in [0.1, 0.15) is 5.82 Å². The van der Waals surface area contributed by atoms with Crippen molar-refractivity contribution < 1.29 is 0 Å². The van der Waals surface area contributed by atoms with E-state index in [1.807, 2.05) is 18.8 Å². The summed E-state index contributed by atoms with van der Waals surface area (Å²) in [5.41, 5.74) is 0. The molecule has 0 saturated heterocycles. The maximum Gasteiger partial charge on any atom is 0.191 e. The number of rotatable bonds is 7. The minimum Gasteiger partial charge on any atom is -0.316 e. The van der Waals surface area contributed by atoms with Crippen molar-refractivity contribution >= 4 is 11.8 Å². The van der Waals surface area contributed by atoms with E-state index < -0.39 is 0 Å². The molecule has 0 bridgehead atoms. The van der Waals surface area contributed by atoms with E-state index in [0.29, 0.717) is 23.9 Å². The molecule has 0 aromatic carbocycles. The van der Waals surface area contributed by atoms with Gasteiger partial charge >= 0.3 is 0 Å². The van der Waals surface area contributed by atoms with Crippen molar-refractivity contribution in [2.24, 2.45) is 5.92 Å². The first-order chi connectivity index (χ1) is 9.20. The quantitative estimate of drug-likeness (QED) is 0.780. The highest BCUT2D eigenvalue weighted by molar-refractivity contribution is 7.99. The highest BCUT2D eigenvalue weighted by atomic mass is 32.2. The van der Waals surface area contributed by atoms with Crippen molar-refractivity contribution in [3.05, 3.63) is 5.82 Å². The van der Waals surface area contributed by atoms with E-state index in [1.54, 1.807) is 0 Å². The standard InChI is InChI=1S/C14H24N4S/c1-9(2)12(15-3)8-19-14-17-16-13(10-4-5-10)18(14)11-6-7-11/h9-12,15H,4-8H2,1-3H3. The maximum absolute atomic E-state index is 4.46. The zero-order valence-electron chi connectivity index (χ0n) is 12.1. The average molecular weight is 280 g/mol. The normalized spacial score (nSPS) is 21.1. The van der Waals surface area contributed by atoms with E-state index in [0.717, 1.165) is 10.9 Å². The van der Waals surface area contributed by atoms with E-state index in [1.165, 1.54) is 31.5 Å². The topological polar surface area (TPSA) is 42.7 Å². The Balaban J connectivity index is 1.70. The molecule has 1 heterocycles. The van der Waals surface area contributed by atoms with E-state index in [-0.39, 0.29) is 0 Å². The molecule has 0 radical (unpaired) electrons. The Hall–Kier alpha value is -0.550. The van der Waals surface area contributed by atoms with Crippen molar-refractivity contribution in [3.63, 3.8) is 0 Å². The smallest absolute Gasteiger partial charge is 0.191 e. The number of hydrogen-bond acceptors (Lipinski definition) is 4. The average Bonchev–Trinajstić information content (AvgIpc) is 3.29. The lowest BCUT2D eigenvalue weighted by atomic mass is 10.1. The van der Waals surface area contributed by atoms with Gasteiger partial charge in [0.2, 0.25) is 0 Å². The molecule has 2 aliphatic rings. The Morgan fingerprint density at radius 3 is 2.53 bits per heavy atom. The van der Waals surface area contributed by atoms with Gasteiger partial charge in [0.25, 0.3) is 0 Å². The van der Waals surface area contributed by atoms with Crippen molar-refractivity contribution in [1.29, 1.82) is 0 Å². The van der Waals surface area contributed by atoms with Crippen molar-refractivity contribution in [1.82, 2.24) is 20.1 Å². The van der Waals surface area contributed by atoms with Gasteiger partial charge in [-0.05, 0) is 38.6 Å². The molecule has 3 rings (SSSR count). The van der Waals surface area contributed by atoms with Crippen LogP contribution in [-0.4, -0.2) is 33.6 Å². The molecular formula is C14H24N4S. The Labute approximate surface area is 119 Å². The van der Waals surface area contributed by atoms with Crippen molar-refractivity contribution in [2.45, 2.75) is 62.7 Å². The molecule has 19 heavy (non-hydrogen) atoms. The SMILES string of the molecule is CNC(CSc1nnc(C2CC2)n1C1CC1)C(C)C. The number of hydrogen-bond donors (Lipinski definition) is 1. The van der Waals surface area contributed by atoms with Crippen LogP contribution in [-0.2, 0) is 0 Å². The summed E-state index contributed by atoms with van der Waals surface area (Å²) < 4.78 is 2.44. The molecule has 1 aromatic rings. The minimum atomic E-state index is 0.540. The predicted molar refractivity (Wildman–Crippen MR) is 78.7 cm³/mol.